The number of imidazole rings is 1. The fourth-order valence-electron chi connectivity index (χ4n) is 3.84. The number of hydrogen-bond donors (Lipinski definition) is 7. The van der Waals surface area contributed by atoms with Crippen LogP contribution in [0.25, 0.3) is 11.2 Å². The quantitative estimate of drug-likeness (QED) is 0.107. The Morgan fingerprint density at radius 2 is 1.62 bits per heavy atom. The summed E-state index contributed by atoms with van der Waals surface area (Å²) in [5.74, 6) is -0.792. The van der Waals surface area contributed by atoms with Crippen LogP contribution < -0.4 is 5.73 Å². The van der Waals surface area contributed by atoms with Gasteiger partial charge in [-0.25, -0.2) is 24.1 Å². The minimum atomic E-state index is -5.35. The van der Waals surface area contributed by atoms with E-state index in [2.05, 4.69) is 33.0 Å². The van der Waals surface area contributed by atoms with Crippen molar-refractivity contribution in [3.8, 4) is 0 Å². The number of nitrogens with zero attached hydrogens (tertiary/aromatic N) is 4. The van der Waals surface area contributed by atoms with E-state index >= 15 is 0 Å². The molecule has 39 heavy (non-hydrogen) atoms. The maximum absolute atomic E-state index is 12.3. The van der Waals surface area contributed by atoms with Crippen molar-refractivity contribution < 1.29 is 71.7 Å². The molecule has 10 atom stereocenters. The number of esters is 1. The summed E-state index contributed by atoms with van der Waals surface area (Å²) < 4.78 is 54.1. The summed E-state index contributed by atoms with van der Waals surface area (Å²) >= 11 is 0. The van der Waals surface area contributed by atoms with Gasteiger partial charge in [0.05, 0.1) is 19.5 Å². The Kier molecular flexibility index (Phi) is 8.70. The lowest BCUT2D eigenvalue weighted by Crippen LogP contribution is -2.37. The number of anilines is 1. The number of nitrogens with two attached hydrogens (primary N) is 1. The van der Waals surface area contributed by atoms with E-state index in [4.69, 9.17) is 15.2 Å². The summed E-state index contributed by atoms with van der Waals surface area (Å²) in [6.07, 6.45) is -10.0. The summed E-state index contributed by atoms with van der Waals surface area (Å²) in [6, 6.07) is 0. The molecule has 2 aromatic rings. The minimum absolute atomic E-state index is 0.0510. The molecule has 0 radical (unpaired) electrons. The summed E-state index contributed by atoms with van der Waals surface area (Å²) in [4.78, 5) is 42.5. The second kappa shape index (κ2) is 11.4. The number of phosphoric ester groups is 2. The number of carbonyl (C=O) groups is 1. The third kappa shape index (κ3) is 6.60. The summed E-state index contributed by atoms with van der Waals surface area (Å²) in [7, 11) is -10.7. The molecule has 0 saturated carbocycles. The highest BCUT2D eigenvalue weighted by Crippen LogP contribution is 2.60. The van der Waals surface area contributed by atoms with Crippen LogP contribution in [0, 0.1) is 0 Å². The molecule has 2 aromatic heterocycles. The summed E-state index contributed by atoms with van der Waals surface area (Å²) in [6.45, 7) is -0.818. The Bertz CT molecular complexity index is 1300. The molecule has 0 aliphatic carbocycles. The van der Waals surface area contributed by atoms with Gasteiger partial charge < -0.3 is 50.2 Å². The molecular weight excluding hydrogens is 576 g/mol. The molecular formula is C17H25N5O15P2. The first-order valence-corrected chi connectivity index (χ1v) is 14.0. The lowest BCUT2D eigenvalue weighted by molar-refractivity contribution is -0.170. The molecule has 0 spiro atoms. The third-order valence-corrected chi connectivity index (χ3v) is 8.23. The molecule has 0 amide bonds. The van der Waals surface area contributed by atoms with Gasteiger partial charge in [0.1, 0.15) is 42.4 Å². The fourth-order valence-corrected chi connectivity index (χ4v) is 5.93. The highest BCUT2D eigenvalue weighted by Gasteiger charge is 2.48. The van der Waals surface area contributed by atoms with Crippen molar-refractivity contribution in [1.29, 1.82) is 0 Å². The molecule has 4 heterocycles. The van der Waals surface area contributed by atoms with Crippen molar-refractivity contribution in [3.63, 3.8) is 0 Å². The molecule has 2 saturated heterocycles. The second-order valence-corrected chi connectivity index (χ2v) is 11.4. The van der Waals surface area contributed by atoms with Gasteiger partial charge in [0, 0.05) is 6.92 Å². The first kappa shape index (κ1) is 29.8. The fraction of sp³-hybridized carbons (Fsp3) is 0.647. The highest BCUT2D eigenvalue weighted by atomic mass is 31.3. The van der Waals surface area contributed by atoms with Crippen molar-refractivity contribution >= 4 is 38.6 Å². The predicted molar refractivity (Wildman–Crippen MR) is 121 cm³/mol. The molecule has 218 valence electrons. The molecule has 0 aromatic carbocycles. The molecule has 0 bridgehead atoms. The van der Waals surface area contributed by atoms with Crippen molar-refractivity contribution in [3.05, 3.63) is 12.7 Å². The standard InChI is InChI=1S/C17H25N5O15P2/c1-6(23)34-13-11(25)8(36-17(13)27)3-33-39(30,31)37-38(28,29)32-2-7-10(24)12(26)16(35-7)22-5-21-9-14(18)19-4-20-15(9)22/h4-5,7-8,10-13,16-17,24-27H,2-3H2,1H3,(H,28,29)(H,30,31)(H2,18,19,20)/t7-,8-,10?,11?,12?,13+,16-,17-/m1/s1. The zero-order valence-corrected chi connectivity index (χ0v) is 21.6. The Hall–Kier alpha value is -2.16. The Morgan fingerprint density at radius 1 is 1.00 bits per heavy atom. The first-order chi connectivity index (χ1) is 18.2. The van der Waals surface area contributed by atoms with Crippen molar-refractivity contribution in [1.82, 2.24) is 19.5 Å². The van der Waals surface area contributed by atoms with Crippen molar-refractivity contribution in [2.24, 2.45) is 0 Å². The van der Waals surface area contributed by atoms with Gasteiger partial charge in [-0.15, -0.1) is 0 Å². The Balaban J connectivity index is 1.32. The second-order valence-electron chi connectivity index (χ2n) is 8.37. The number of carbonyl (C=O) groups excluding carboxylic acids is 1. The van der Waals surface area contributed by atoms with Gasteiger partial charge in [0.2, 0.25) is 0 Å². The van der Waals surface area contributed by atoms with Crippen LogP contribution in [-0.2, 0) is 41.5 Å². The number of hydrogen-bond acceptors (Lipinski definition) is 17. The number of rotatable bonds is 10. The molecule has 4 rings (SSSR count). The Morgan fingerprint density at radius 3 is 2.23 bits per heavy atom. The zero-order chi connectivity index (χ0) is 28.7. The molecule has 2 aliphatic rings. The molecule has 20 nitrogen and oxygen atoms in total. The molecule has 8 N–H and O–H groups in total. The molecule has 2 fully saturated rings. The van der Waals surface area contributed by atoms with Crippen LogP contribution in [0.4, 0.5) is 5.82 Å². The number of nitrogen functional groups attached to an aromatic ring is 1. The van der Waals surface area contributed by atoms with E-state index in [0.717, 1.165) is 13.3 Å². The van der Waals surface area contributed by atoms with E-state index in [1.165, 1.54) is 10.9 Å². The largest absolute Gasteiger partial charge is 0.481 e. The van der Waals surface area contributed by atoms with Crippen LogP contribution in [-0.4, -0.2) is 112 Å². The monoisotopic (exact) mass is 601 g/mol. The van der Waals surface area contributed by atoms with E-state index in [-0.39, 0.29) is 17.0 Å². The summed E-state index contributed by atoms with van der Waals surface area (Å²) in [5.41, 5.74) is 6.08. The van der Waals surface area contributed by atoms with Crippen molar-refractivity contribution in [2.75, 3.05) is 18.9 Å². The number of aliphatic hydroxyl groups is 4. The number of fused-ring (bicyclic) bond motifs is 1. The van der Waals surface area contributed by atoms with E-state index < -0.39 is 84.0 Å². The van der Waals surface area contributed by atoms with Crippen LogP contribution in [0.3, 0.4) is 0 Å². The van der Waals surface area contributed by atoms with E-state index in [1.54, 1.807) is 0 Å². The number of phosphoric acid groups is 2. The number of ether oxygens (including phenoxy) is 3. The number of aliphatic hydroxyl groups excluding tert-OH is 4. The SMILES string of the molecule is CC(=O)O[C@H]1C(O)[C@@H](COP(=O)(O)OP(=O)(O)OC[C@H]2O[C@@H](n3cnc4c(N)ncnc43)C(O)C2O)O[C@H]1O. The van der Waals surface area contributed by atoms with Gasteiger partial charge in [-0.1, -0.05) is 0 Å². The van der Waals surface area contributed by atoms with Gasteiger partial charge in [-0.3, -0.25) is 18.4 Å². The van der Waals surface area contributed by atoms with Gasteiger partial charge in [0.25, 0.3) is 0 Å². The van der Waals surface area contributed by atoms with E-state index in [9.17, 15) is 44.1 Å². The highest BCUT2D eigenvalue weighted by molar-refractivity contribution is 7.61. The average Bonchev–Trinajstić information content (AvgIpc) is 3.47. The molecule has 5 unspecified atom stereocenters. The Labute approximate surface area is 218 Å². The first-order valence-electron chi connectivity index (χ1n) is 11.0. The number of aromatic nitrogens is 4. The van der Waals surface area contributed by atoms with E-state index in [0.29, 0.717) is 0 Å². The van der Waals surface area contributed by atoms with Gasteiger partial charge in [-0.2, -0.15) is 4.31 Å². The maximum Gasteiger partial charge on any atom is 0.481 e. The third-order valence-electron chi connectivity index (χ3n) is 5.62. The average molecular weight is 601 g/mol. The van der Waals surface area contributed by atoms with Crippen LogP contribution in [0.15, 0.2) is 12.7 Å². The normalized spacial score (nSPS) is 34.1. The van der Waals surface area contributed by atoms with Crippen LogP contribution in [0.5, 0.6) is 0 Å². The smallest absolute Gasteiger partial charge is 0.454 e. The topological polar surface area (TPSA) is 298 Å². The maximum atomic E-state index is 12.3. The van der Waals surface area contributed by atoms with Crippen LogP contribution >= 0.6 is 15.6 Å². The molecule has 22 heteroatoms. The van der Waals surface area contributed by atoms with E-state index in [1.807, 2.05) is 0 Å². The van der Waals surface area contributed by atoms with Crippen LogP contribution in [0.2, 0.25) is 0 Å². The molecule has 2 aliphatic heterocycles. The lowest BCUT2D eigenvalue weighted by atomic mass is 10.1. The summed E-state index contributed by atoms with van der Waals surface area (Å²) in [5, 5.41) is 40.5. The predicted octanol–water partition coefficient (Wildman–Crippen LogP) is -2.71. The van der Waals surface area contributed by atoms with Gasteiger partial charge >= 0.3 is 21.6 Å². The lowest BCUT2D eigenvalue weighted by Gasteiger charge is -2.20. The zero-order valence-electron chi connectivity index (χ0n) is 19.8. The van der Waals surface area contributed by atoms with Crippen molar-refractivity contribution in [2.45, 2.75) is 56.1 Å². The van der Waals surface area contributed by atoms with Crippen LogP contribution in [0.1, 0.15) is 13.2 Å². The van der Waals surface area contributed by atoms with Gasteiger partial charge in [-0.05, 0) is 0 Å². The van der Waals surface area contributed by atoms with Gasteiger partial charge in [0.15, 0.2) is 30.1 Å². The minimum Gasteiger partial charge on any atom is -0.454 e.